The van der Waals surface area contributed by atoms with Crippen LogP contribution in [0.1, 0.15) is 18.6 Å². The third kappa shape index (κ3) is 2.56. The molecule has 1 aromatic carbocycles. The molecule has 0 saturated carbocycles. The largest absolute Gasteiger partial charge is 0.378 e. The van der Waals surface area contributed by atoms with Crippen molar-refractivity contribution in [2.75, 3.05) is 24.2 Å². The maximum Gasteiger partial charge on any atom is 0.173 e. The van der Waals surface area contributed by atoms with E-state index < -0.39 is 14.0 Å². The second kappa shape index (κ2) is 4.42. The van der Waals surface area contributed by atoms with Crippen molar-refractivity contribution in [3.63, 3.8) is 0 Å². The first-order valence-electron chi connectivity index (χ1n) is 6.57. The van der Waals surface area contributed by atoms with E-state index >= 15 is 0 Å². The van der Waals surface area contributed by atoms with Crippen LogP contribution in [-0.4, -0.2) is 25.1 Å². The Morgan fingerprint density at radius 2 is 2.08 bits per heavy atom. The van der Waals surface area contributed by atoms with Crippen LogP contribution in [0.2, 0.25) is 0 Å². The van der Waals surface area contributed by atoms with E-state index in [0.717, 1.165) is 0 Å². The molecule has 0 unspecified atom stereocenters. The van der Waals surface area contributed by atoms with Crippen molar-refractivity contribution < 1.29 is 13.0 Å². The lowest BCUT2D eigenvalue weighted by Gasteiger charge is -2.11. The number of hydrogen-bond acceptors (Lipinski definition) is 2. The van der Waals surface area contributed by atoms with Crippen molar-refractivity contribution in [3.05, 3.63) is 29.8 Å². The number of rotatable bonds is 3. The Kier molecular flexibility index (Phi) is 1.56. The second-order valence-corrected chi connectivity index (χ2v) is 3.00. The van der Waals surface area contributed by atoms with Gasteiger partial charge < -0.3 is 4.90 Å². The Balaban J connectivity index is 3.16. The van der Waals surface area contributed by atoms with Gasteiger partial charge in [-0.1, -0.05) is 15.9 Å². The van der Waals surface area contributed by atoms with Gasteiger partial charge in [0, 0.05) is 33.4 Å². The van der Waals surface area contributed by atoms with E-state index in [9.17, 15) is 4.79 Å². The van der Waals surface area contributed by atoms with E-state index in [0.29, 0.717) is 10.5 Å². The molecule has 13 heavy (non-hydrogen) atoms. The van der Waals surface area contributed by atoms with Crippen LogP contribution in [0.25, 0.3) is 0 Å². The third-order valence-electron chi connectivity index (χ3n) is 1.57. The predicted octanol–water partition coefficient (Wildman–Crippen LogP) is 2.33. The summed E-state index contributed by atoms with van der Waals surface area (Å²) in [7, 11) is 0. The van der Waals surface area contributed by atoms with Gasteiger partial charge in [-0.05, 0) is 24.3 Å². The topological polar surface area (TPSA) is 20.3 Å². The molecular formula is C10H12BrNO. The maximum absolute atomic E-state index is 11.4. The zero-order valence-electron chi connectivity index (χ0n) is 12.7. The van der Waals surface area contributed by atoms with Crippen molar-refractivity contribution >= 4 is 27.4 Å². The molecule has 0 radical (unpaired) electrons. The molecule has 70 valence electrons. The smallest absolute Gasteiger partial charge is 0.173 e. The highest BCUT2D eigenvalue weighted by Gasteiger charge is 2.03. The molecule has 0 spiro atoms. The van der Waals surface area contributed by atoms with Gasteiger partial charge in [-0.3, -0.25) is 4.79 Å². The summed E-state index contributed by atoms with van der Waals surface area (Å²) in [6.07, 6.45) is 0. The zero-order chi connectivity index (χ0) is 14.8. The van der Waals surface area contributed by atoms with E-state index in [1.807, 2.05) is 0 Å². The Hall–Kier alpha value is -0.830. The molecule has 0 heterocycles. The molecule has 0 N–H and O–H groups in total. The van der Waals surface area contributed by atoms with Crippen LogP contribution in [0.5, 0.6) is 0 Å². The van der Waals surface area contributed by atoms with Gasteiger partial charge in [0.2, 0.25) is 0 Å². The summed E-state index contributed by atoms with van der Waals surface area (Å²) in [6, 6.07) is 5.44. The summed E-state index contributed by atoms with van der Waals surface area (Å²) in [5, 5.41) is 0.147. The number of anilines is 1. The molecule has 0 fully saturated rings. The Morgan fingerprint density at radius 3 is 2.54 bits per heavy atom. The first-order valence-corrected chi connectivity index (χ1v) is 4.69. The van der Waals surface area contributed by atoms with Crippen molar-refractivity contribution in [1.82, 2.24) is 0 Å². The lowest BCUT2D eigenvalue weighted by Crippen LogP contribution is -2.09. The summed E-state index contributed by atoms with van der Waals surface area (Å²) in [4.78, 5) is 11.8. The fraction of sp³-hybridized carbons (Fsp3) is 0.300. The average molecular weight is 248 g/mol. The standard InChI is InChI=1S/C10H12BrNO/c1-12(2)9-5-3-8(4-6-9)10(13)7-11/h3-6H,7H2,1-2H3/i1D3,2D3. The molecule has 0 saturated heterocycles. The lowest BCUT2D eigenvalue weighted by molar-refractivity contribution is 0.102. The van der Waals surface area contributed by atoms with Crippen LogP contribution in [0, 0.1) is 0 Å². The minimum atomic E-state index is -2.79. The highest BCUT2D eigenvalue weighted by Crippen LogP contribution is 2.12. The Labute approximate surface area is 95.1 Å². The summed E-state index contributed by atoms with van der Waals surface area (Å²) >= 11 is 3.02. The number of halogens is 1. The molecule has 1 aromatic rings. The van der Waals surface area contributed by atoms with Crippen molar-refractivity contribution in [2.45, 2.75) is 0 Å². The summed E-state index contributed by atoms with van der Waals surface area (Å²) in [5.41, 5.74) is 0.405. The number of alkyl halides is 1. The molecule has 0 aliphatic carbocycles. The van der Waals surface area contributed by atoms with Crippen LogP contribution in [-0.2, 0) is 0 Å². The monoisotopic (exact) mass is 247 g/mol. The van der Waals surface area contributed by atoms with Gasteiger partial charge in [0.1, 0.15) is 0 Å². The van der Waals surface area contributed by atoms with Crippen LogP contribution < -0.4 is 4.90 Å². The number of ketones is 1. The fourth-order valence-electron chi connectivity index (χ4n) is 0.874. The van der Waals surface area contributed by atoms with Crippen molar-refractivity contribution in [3.8, 4) is 0 Å². The number of carbonyl (C=O) groups excluding carboxylic acids is 1. The highest BCUT2D eigenvalue weighted by atomic mass is 79.9. The normalized spacial score (nSPS) is 18.5. The summed E-state index contributed by atoms with van der Waals surface area (Å²) in [6.45, 7) is -5.57. The van der Waals surface area contributed by atoms with E-state index in [2.05, 4.69) is 15.9 Å². The molecule has 0 atom stereocenters. The minimum Gasteiger partial charge on any atom is -0.378 e. The van der Waals surface area contributed by atoms with Crippen LogP contribution in [0.4, 0.5) is 5.69 Å². The Bertz CT molecular complexity index is 439. The van der Waals surface area contributed by atoms with Crippen LogP contribution in [0.3, 0.4) is 0 Å². The first kappa shape index (κ1) is 4.60. The minimum absolute atomic E-state index is 0.0196. The van der Waals surface area contributed by atoms with Gasteiger partial charge in [-0.2, -0.15) is 0 Å². The van der Waals surface area contributed by atoms with E-state index in [4.69, 9.17) is 8.22 Å². The van der Waals surface area contributed by atoms with Gasteiger partial charge in [-0.15, -0.1) is 0 Å². The lowest BCUT2D eigenvalue weighted by atomic mass is 10.1. The highest BCUT2D eigenvalue weighted by molar-refractivity contribution is 9.09. The van der Waals surface area contributed by atoms with Crippen LogP contribution in [0.15, 0.2) is 24.3 Å². The SMILES string of the molecule is [2H]C([2H])([2H])N(c1ccc(C(=O)CBr)cc1)C([2H])([2H])[2H]. The van der Waals surface area contributed by atoms with Gasteiger partial charge in [0.05, 0.1) is 5.33 Å². The zero-order valence-corrected chi connectivity index (χ0v) is 8.34. The number of benzene rings is 1. The number of carbonyl (C=O) groups is 1. The van der Waals surface area contributed by atoms with E-state index in [1.165, 1.54) is 24.3 Å². The van der Waals surface area contributed by atoms with Crippen molar-refractivity contribution in [1.29, 1.82) is 0 Å². The average Bonchev–Trinajstić information content (AvgIpc) is 2.25. The molecule has 0 aliphatic heterocycles. The quantitative estimate of drug-likeness (QED) is 0.604. The summed E-state index contributed by atoms with van der Waals surface area (Å²) in [5.74, 6) is -0.166. The molecule has 0 aromatic heterocycles. The van der Waals surface area contributed by atoms with Crippen LogP contribution >= 0.6 is 15.9 Å². The van der Waals surface area contributed by atoms with Gasteiger partial charge >= 0.3 is 0 Å². The fourth-order valence-corrected chi connectivity index (χ4v) is 1.20. The number of nitrogens with zero attached hydrogens (tertiary/aromatic N) is 1. The van der Waals surface area contributed by atoms with Gasteiger partial charge in [0.15, 0.2) is 5.78 Å². The molecule has 0 amide bonds. The number of Topliss-reactive ketones (excluding diaryl/α,β-unsaturated/α-hetero) is 1. The number of hydrogen-bond donors (Lipinski definition) is 0. The molecule has 0 bridgehead atoms. The summed E-state index contributed by atoms with van der Waals surface area (Å²) < 4.78 is 43.7. The molecule has 1 rings (SSSR count). The maximum atomic E-state index is 11.4. The van der Waals surface area contributed by atoms with Gasteiger partial charge in [-0.25, -0.2) is 0 Å². The first-order chi connectivity index (χ1) is 8.57. The van der Waals surface area contributed by atoms with E-state index in [1.54, 1.807) is 0 Å². The Morgan fingerprint density at radius 1 is 1.46 bits per heavy atom. The second-order valence-electron chi connectivity index (χ2n) is 2.44. The van der Waals surface area contributed by atoms with Gasteiger partial charge in [0.25, 0.3) is 0 Å². The molecule has 0 aliphatic rings. The third-order valence-corrected chi connectivity index (χ3v) is 2.08. The molecule has 2 nitrogen and oxygen atoms in total. The molecular weight excluding hydrogens is 230 g/mol. The predicted molar refractivity (Wildman–Crippen MR) is 58.9 cm³/mol. The van der Waals surface area contributed by atoms with E-state index in [-0.39, 0.29) is 16.8 Å². The molecule has 3 heteroatoms. The van der Waals surface area contributed by atoms with Crippen molar-refractivity contribution in [2.24, 2.45) is 0 Å².